The van der Waals surface area contributed by atoms with Gasteiger partial charge in [0.15, 0.2) is 0 Å². The van der Waals surface area contributed by atoms with Crippen molar-refractivity contribution < 1.29 is 0 Å². The van der Waals surface area contributed by atoms with E-state index in [2.05, 4.69) is 9.59 Å². The van der Waals surface area contributed by atoms with Gasteiger partial charge in [-0.15, -0.1) is 5.10 Å². The second-order valence-corrected chi connectivity index (χ2v) is 3.59. The molecule has 0 saturated carbocycles. The van der Waals surface area contributed by atoms with Gasteiger partial charge >= 0.3 is 0 Å². The average molecular weight is 206 g/mol. The Balaban J connectivity index is 2.54. The number of nitrogens with zero attached hydrogens (tertiary/aromatic N) is 2. The quantitative estimate of drug-likeness (QED) is 0.725. The first-order valence-electron chi connectivity index (χ1n) is 4.19. The van der Waals surface area contributed by atoms with Crippen LogP contribution in [0.15, 0.2) is 24.3 Å². The summed E-state index contributed by atoms with van der Waals surface area (Å²) in [6.45, 7) is 0.389. The molecular formula is C9H10N4S. The summed E-state index contributed by atoms with van der Waals surface area (Å²) in [5, 5.41) is 3.94. The maximum atomic E-state index is 5.85. The zero-order valence-electron chi connectivity index (χ0n) is 7.47. The van der Waals surface area contributed by atoms with E-state index in [4.69, 9.17) is 11.5 Å². The van der Waals surface area contributed by atoms with Crippen LogP contribution in [0.1, 0.15) is 5.69 Å². The van der Waals surface area contributed by atoms with Gasteiger partial charge in [-0.05, 0) is 17.6 Å². The number of anilines is 1. The van der Waals surface area contributed by atoms with Crippen LogP contribution in [0.2, 0.25) is 0 Å². The number of rotatable bonds is 2. The first kappa shape index (κ1) is 9.11. The number of benzene rings is 1. The molecule has 0 bridgehead atoms. The Hall–Kier alpha value is -1.46. The molecule has 1 aromatic heterocycles. The van der Waals surface area contributed by atoms with Crippen molar-refractivity contribution in [2.45, 2.75) is 6.54 Å². The van der Waals surface area contributed by atoms with Crippen molar-refractivity contribution in [2.24, 2.45) is 5.73 Å². The molecule has 1 aromatic carbocycles. The highest BCUT2D eigenvalue weighted by atomic mass is 32.1. The minimum Gasteiger partial charge on any atom is -0.398 e. The van der Waals surface area contributed by atoms with Gasteiger partial charge in [-0.1, -0.05) is 22.7 Å². The second-order valence-electron chi connectivity index (χ2n) is 2.84. The summed E-state index contributed by atoms with van der Waals surface area (Å²) in [7, 11) is 0. The lowest BCUT2D eigenvalue weighted by Gasteiger charge is -2.02. The molecule has 4 N–H and O–H groups in total. The third-order valence-electron chi connectivity index (χ3n) is 1.95. The molecule has 4 nitrogen and oxygen atoms in total. The molecule has 0 amide bonds. The topological polar surface area (TPSA) is 77.8 Å². The Bertz CT molecular complexity index is 438. The van der Waals surface area contributed by atoms with Gasteiger partial charge in [0.25, 0.3) is 0 Å². The molecule has 0 aliphatic heterocycles. The lowest BCUT2D eigenvalue weighted by Crippen LogP contribution is -1.99. The Morgan fingerprint density at radius 2 is 2.07 bits per heavy atom. The predicted octanol–water partition coefficient (Wildman–Crippen LogP) is 1.25. The minimum absolute atomic E-state index is 0.389. The largest absolute Gasteiger partial charge is 0.398 e. The van der Waals surface area contributed by atoms with Crippen molar-refractivity contribution in [1.82, 2.24) is 9.59 Å². The molecule has 2 rings (SSSR count). The summed E-state index contributed by atoms with van der Waals surface area (Å²) in [5.74, 6) is 0. The molecule has 1 heterocycles. The van der Waals surface area contributed by atoms with E-state index >= 15 is 0 Å². The van der Waals surface area contributed by atoms with E-state index in [1.807, 2.05) is 24.3 Å². The first-order valence-corrected chi connectivity index (χ1v) is 4.96. The van der Waals surface area contributed by atoms with Crippen LogP contribution in [0.4, 0.5) is 5.69 Å². The molecule has 0 atom stereocenters. The third-order valence-corrected chi connectivity index (χ3v) is 2.76. The summed E-state index contributed by atoms with van der Waals surface area (Å²) in [6.07, 6.45) is 0. The molecule has 0 aliphatic rings. The first-order chi connectivity index (χ1) is 6.83. The lowest BCUT2D eigenvalue weighted by atomic mass is 10.1. The van der Waals surface area contributed by atoms with Crippen molar-refractivity contribution >= 4 is 17.2 Å². The van der Waals surface area contributed by atoms with Crippen LogP contribution in [-0.2, 0) is 6.54 Å². The van der Waals surface area contributed by atoms with E-state index in [1.165, 1.54) is 11.5 Å². The third kappa shape index (κ3) is 1.47. The number of aromatic nitrogens is 2. The summed E-state index contributed by atoms with van der Waals surface area (Å²) < 4.78 is 3.87. The van der Waals surface area contributed by atoms with Crippen molar-refractivity contribution in [1.29, 1.82) is 0 Å². The molecule has 14 heavy (non-hydrogen) atoms. The number of hydrogen-bond acceptors (Lipinski definition) is 5. The van der Waals surface area contributed by atoms with Crippen LogP contribution in [-0.4, -0.2) is 9.59 Å². The zero-order chi connectivity index (χ0) is 9.97. The van der Waals surface area contributed by atoms with Gasteiger partial charge in [0, 0.05) is 17.8 Å². The number of nitrogen functional groups attached to an aromatic ring is 1. The SMILES string of the molecule is NCc1nnsc1-c1ccccc1N. The van der Waals surface area contributed by atoms with E-state index in [1.54, 1.807) is 0 Å². The van der Waals surface area contributed by atoms with Crippen molar-refractivity contribution in [3.63, 3.8) is 0 Å². The summed E-state index contributed by atoms with van der Waals surface area (Å²) >= 11 is 1.32. The van der Waals surface area contributed by atoms with Crippen LogP contribution >= 0.6 is 11.5 Å². The summed E-state index contributed by atoms with van der Waals surface area (Å²) in [5.41, 5.74) is 13.9. The minimum atomic E-state index is 0.389. The standard InChI is InChI=1S/C9H10N4S/c10-5-8-9(14-13-12-8)6-3-1-2-4-7(6)11/h1-4H,5,10-11H2. The Morgan fingerprint density at radius 1 is 1.29 bits per heavy atom. The van der Waals surface area contributed by atoms with E-state index in [0.717, 1.165) is 21.8 Å². The van der Waals surface area contributed by atoms with Crippen LogP contribution < -0.4 is 11.5 Å². The summed E-state index contributed by atoms with van der Waals surface area (Å²) in [6, 6.07) is 7.64. The van der Waals surface area contributed by atoms with Gasteiger partial charge in [0.2, 0.25) is 0 Å². The van der Waals surface area contributed by atoms with Gasteiger partial charge in [-0.3, -0.25) is 0 Å². The van der Waals surface area contributed by atoms with E-state index in [-0.39, 0.29) is 0 Å². The van der Waals surface area contributed by atoms with Crippen LogP contribution in [0.3, 0.4) is 0 Å². The van der Waals surface area contributed by atoms with Crippen molar-refractivity contribution in [3.05, 3.63) is 30.0 Å². The molecule has 0 unspecified atom stereocenters. The summed E-state index contributed by atoms with van der Waals surface area (Å²) in [4.78, 5) is 0.964. The maximum absolute atomic E-state index is 5.85. The molecule has 72 valence electrons. The van der Waals surface area contributed by atoms with E-state index in [0.29, 0.717) is 6.54 Å². The highest BCUT2D eigenvalue weighted by Crippen LogP contribution is 2.30. The van der Waals surface area contributed by atoms with Gasteiger partial charge < -0.3 is 11.5 Å². The average Bonchev–Trinajstić information content (AvgIpc) is 2.66. The normalized spacial score (nSPS) is 10.4. The molecule has 5 heteroatoms. The molecule has 0 aliphatic carbocycles. The van der Waals surface area contributed by atoms with Gasteiger partial charge in [0.05, 0.1) is 10.6 Å². The van der Waals surface area contributed by atoms with Crippen LogP contribution in [0.5, 0.6) is 0 Å². The predicted molar refractivity (Wildman–Crippen MR) is 57.6 cm³/mol. The number of nitrogens with two attached hydrogens (primary N) is 2. The van der Waals surface area contributed by atoms with Gasteiger partial charge in [-0.25, -0.2) is 0 Å². The molecule has 0 fully saturated rings. The fraction of sp³-hybridized carbons (Fsp3) is 0.111. The van der Waals surface area contributed by atoms with Crippen LogP contribution in [0.25, 0.3) is 10.4 Å². The van der Waals surface area contributed by atoms with Gasteiger partial charge in [-0.2, -0.15) is 0 Å². The maximum Gasteiger partial charge on any atom is 0.0971 e. The fourth-order valence-electron chi connectivity index (χ4n) is 1.25. The van der Waals surface area contributed by atoms with Crippen molar-refractivity contribution in [2.75, 3.05) is 5.73 Å². The number of hydrogen-bond donors (Lipinski definition) is 2. The molecule has 0 saturated heterocycles. The van der Waals surface area contributed by atoms with E-state index in [9.17, 15) is 0 Å². The smallest absolute Gasteiger partial charge is 0.0971 e. The molecular weight excluding hydrogens is 196 g/mol. The van der Waals surface area contributed by atoms with Crippen molar-refractivity contribution in [3.8, 4) is 10.4 Å². The lowest BCUT2D eigenvalue weighted by molar-refractivity contribution is 0.960. The van der Waals surface area contributed by atoms with Crippen LogP contribution in [0, 0.1) is 0 Å². The van der Waals surface area contributed by atoms with Gasteiger partial charge in [0.1, 0.15) is 0 Å². The fourth-order valence-corrected chi connectivity index (χ4v) is 1.99. The Morgan fingerprint density at radius 3 is 2.79 bits per heavy atom. The Kier molecular flexibility index (Phi) is 2.43. The second kappa shape index (κ2) is 3.73. The highest BCUT2D eigenvalue weighted by Gasteiger charge is 2.10. The highest BCUT2D eigenvalue weighted by molar-refractivity contribution is 7.09. The Labute approximate surface area is 85.7 Å². The monoisotopic (exact) mass is 206 g/mol. The molecule has 0 radical (unpaired) electrons. The van der Waals surface area contributed by atoms with E-state index < -0.39 is 0 Å². The molecule has 0 spiro atoms. The molecule has 2 aromatic rings. The zero-order valence-corrected chi connectivity index (χ0v) is 8.29. The number of para-hydroxylation sites is 1.